The fraction of sp³-hybridized carbons (Fsp3) is 0.625. The Morgan fingerprint density at radius 1 is 1.22 bits per heavy atom. The first-order valence-corrected chi connectivity index (χ1v) is 7.14. The first-order valence-electron chi connectivity index (χ1n) is 7.14. The molecule has 1 saturated carbocycles. The molecule has 1 aromatic carbocycles. The summed E-state index contributed by atoms with van der Waals surface area (Å²) in [7, 11) is 1.76. The van der Waals surface area contributed by atoms with Crippen molar-refractivity contribution >= 4 is 0 Å². The maximum atomic E-state index is 6.14. The van der Waals surface area contributed by atoms with Gasteiger partial charge in [-0.2, -0.15) is 0 Å². The molecular formula is C16H25NO. The maximum absolute atomic E-state index is 6.14. The third kappa shape index (κ3) is 2.26. The number of hydrogen-bond acceptors (Lipinski definition) is 2. The van der Waals surface area contributed by atoms with E-state index in [2.05, 4.69) is 25.1 Å². The molecule has 1 aliphatic carbocycles. The SMILES string of the molecule is CCc1c(OC)cccc1C1(CN)CCCCC1. The van der Waals surface area contributed by atoms with Crippen LogP contribution in [0.2, 0.25) is 0 Å². The highest BCUT2D eigenvalue weighted by Gasteiger charge is 2.34. The Balaban J connectivity index is 2.47. The van der Waals surface area contributed by atoms with Crippen LogP contribution in [0.4, 0.5) is 0 Å². The minimum Gasteiger partial charge on any atom is -0.496 e. The Bertz CT molecular complexity index is 394. The molecule has 2 rings (SSSR count). The standard InChI is InChI=1S/C16H25NO/c1-3-13-14(8-7-9-15(13)18-2)16(12-17)10-5-4-6-11-16/h7-9H,3-6,10-12,17H2,1-2H3. The van der Waals surface area contributed by atoms with Crippen molar-refractivity contribution in [1.29, 1.82) is 0 Å². The highest BCUT2D eigenvalue weighted by molar-refractivity contribution is 5.45. The molecule has 0 spiro atoms. The molecule has 1 fully saturated rings. The lowest BCUT2D eigenvalue weighted by Crippen LogP contribution is -2.38. The van der Waals surface area contributed by atoms with E-state index in [9.17, 15) is 0 Å². The first kappa shape index (κ1) is 13.4. The summed E-state index contributed by atoms with van der Waals surface area (Å²) in [6.07, 6.45) is 7.43. The van der Waals surface area contributed by atoms with E-state index in [-0.39, 0.29) is 5.41 Å². The summed E-state index contributed by atoms with van der Waals surface area (Å²) < 4.78 is 5.52. The summed E-state index contributed by atoms with van der Waals surface area (Å²) in [5.74, 6) is 1.02. The Labute approximate surface area is 111 Å². The van der Waals surface area contributed by atoms with Crippen LogP contribution in [0, 0.1) is 0 Å². The molecule has 100 valence electrons. The Kier molecular flexibility index (Phi) is 4.28. The molecule has 0 aliphatic heterocycles. The second-order valence-corrected chi connectivity index (χ2v) is 5.39. The molecule has 1 aromatic rings. The third-order valence-electron chi connectivity index (χ3n) is 4.48. The second-order valence-electron chi connectivity index (χ2n) is 5.39. The van der Waals surface area contributed by atoms with Crippen LogP contribution in [0.15, 0.2) is 18.2 Å². The highest BCUT2D eigenvalue weighted by Crippen LogP contribution is 2.42. The molecule has 0 radical (unpaired) electrons. The lowest BCUT2D eigenvalue weighted by Gasteiger charge is -2.38. The van der Waals surface area contributed by atoms with Crippen LogP contribution in [0.5, 0.6) is 5.75 Å². The van der Waals surface area contributed by atoms with Crippen molar-refractivity contribution in [2.24, 2.45) is 5.73 Å². The van der Waals surface area contributed by atoms with Gasteiger partial charge < -0.3 is 10.5 Å². The summed E-state index contributed by atoms with van der Waals surface area (Å²) in [5.41, 5.74) is 9.13. The van der Waals surface area contributed by atoms with Crippen molar-refractivity contribution in [2.75, 3.05) is 13.7 Å². The normalized spacial score (nSPS) is 18.6. The fourth-order valence-corrected chi connectivity index (χ4v) is 3.43. The van der Waals surface area contributed by atoms with Gasteiger partial charge in [0.1, 0.15) is 5.75 Å². The van der Waals surface area contributed by atoms with E-state index >= 15 is 0 Å². The smallest absolute Gasteiger partial charge is 0.122 e. The van der Waals surface area contributed by atoms with Gasteiger partial charge in [-0.3, -0.25) is 0 Å². The number of nitrogens with two attached hydrogens (primary N) is 1. The quantitative estimate of drug-likeness (QED) is 0.885. The number of rotatable bonds is 4. The molecule has 0 aromatic heterocycles. The molecule has 0 heterocycles. The second kappa shape index (κ2) is 5.75. The molecule has 2 N–H and O–H groups in total. The Morgan fingerprint density at radius 3 is 2.50 bits per heavy atom. The zero-order valence-electron chi connectivity index (χ0n) is 11.7. The number of benzene rings is 1. The van der Waals surface area contributed by atoms with Crippen LogP contribution in [0.25, 0.3) is 0 Å². The molecule has 2 nitrogen and oxygen atoms in total. The van der Waals surface area contributed by atoms with Crippen molar-refractivity contribution in [3.63, 3.8) is 0 Å². The molecule has 2 heteroatoms. The van der Waals surface area contributed by atoms with Gasteiger partial charge in [0.2, 0.25) is 0 Å². The van der Waals surface area contributed by atoms with Crippen LogP contribution in [0.3, 0.4) is 0 Å². The maximum Gasteiger partial charge on any atom is 0.122 e. The lowest BCUT2D eigenvalue weighted by molar-refractivity contribution is 0.297. The average molecular weight is 247 g/mol. The minimum absolute atomic E-state index is 0.193. The third-order valence-corrected chi connectivity index (χ3v) is 4.48. The monoisotopic (exact) mass is 247 g/mol. The van der Waals surface area contributed by atoms with E-state index in [1.54, 1.807) is 7.11 Å². The molecule has 0 saturated heterocycles. The zero-order valence-corrected chi connectivity index (χ0v) is 11.7. The van der Waals surface area contributed by atoms with E-state index in [0.29, 0.717) is 0 Å². The van der Waals surface area contributed by atoms with Gasteiger partial charge in [0.25, 0.3) is 0 Å². The van der Waals surface area contributed by atoms with Crippen LogP contribution in [0.1, 0.15) is 50.2 Å². The molecule has 0 bridgehead atoms. The summed E-state index contributed by atoms with van der Waals surface area (Å²) >= 11 is 0. The zero-order chi connectivity index (χ0) is 13.0. The van der Waals surface area contributed by atoms with Crippen LogP contribution >= 0.6 is 0 Å². The molecule has 0 atom stereocenters. The van der Waals surface area contributed by atoms with Gasteiger partial charge in [-0.25, -0.2) is 0 Å². The molecule has 1 aliphatic rings. The Hall–Kier alpha value is -1.02. The van der Waals surface area contributed by atoms with E-state index in [1.165, 1.54) is 43.2 Å². The molecule has 18 heavy (non-hydrogen) atoms. The summed E-state index contributed by atoms with van der Waals surface area (Å²) in [6.45, 7) is 2.96. The predicted molar refractivity (Wildman–Crippen MR) is 76.2 cm³/mol. The van der Waals surface area contributed by atoms with Crippen LogP contribution in [-0.4, -0.2) is 13.7 Å². The van der Waals surface area contributed by atoms with Gasteiger partial charge in [0, 0.05) is 12.0 Å². The number of ether oxygens (including phenoxy) is 1. The molecule has 0 amide bonds. The van der Waals surface area contributed by atoms with Crippen molar-refractivity contribution in [1.82, 2.24) is 0 Å². The van der Waals surface area contributed by atoms with Gasteiger partial charge in [-0.15, -0.1) is 0 Å². The topological polar surface area (TPSA) is 35.2 Å². The average Bonchev–Trinajstić information content (AvgIpc) is 2.47. The highest BCUT2D eigenvalue weighted by atomic mass is 16.5. The Morgan fingerprint density at radius 2 is 1.94 bits per heavy atom. The van der Waals surface area contributed by atoms with Crippen LogP contribution in [-0.2, 0) is 11.8 Å². The van der Waals surface area contributed by atoms with Crippen molar-refractivity contribution < 1.29 is 4.74 Å². The van der Waals surface area contributed by atoms with E-state index < -0.39 is 0 Å². The van der Waals surface area contributed by atoms with Gasteiger partial charge in [0.05, 0.1) is 7.11 Å². The largest absolute Gasteiger partial charge is 0.496 e. The van der Waals surface area contributed by atoms with Gasteiger partial charge in [0.15, 0.2) is 0 Å². The van der Waals surface area contributed by atoms with E-state index in [4.69, 9.17) is 10.5 Å². The van der Waals surface area contributed by atoms with E-state index in [1.807, 2.05) is 0 Å². The van der Waals surface area contributed by atoms with Gasteiger partial charge in [-0.1, -0.05) is 38.3 Å². The summed E-state index contributed by atoms with van der Waals surface area (Å²) in [6, 6.07) is 6.44. The summed E-state index contributed by atoms with van der Waals surface area (Å²) in [5, 5.41) is 0. The van der Waals surface area contributed by atoms with Crippen LogP contribution < -0.4 is 10.5 Å². The molecule has 0 unspecified atom stereocenters. The number of hydrogen-bond donors (Lipinski definition) is 1. The predicted octanol–water partition coefficient (Wildman–Crippen LogP) is 3.42. The number of methoxy groups -OCH3 is 1. The van der Waals surface area contributed by atoms with Gasteiger partial charge in [-0.05, 0) is 36.5 Å². The summed E-state index contributed by atoms with van der Waals surface area (Å²) in [4.78, 5) is 0. The fourth-order valence-electron chi connectivity index (χ4n) is 3.43. The van der Waals surface area contributed by atoms with Crippen molar-refractivity contribution in [2.45, 2.75) is 50.9 Å². The first-order chi connectivity index (χ1) is 8.77. The van der Waals surface area contributed by atoms with Crippen molar-refractivity contribution in [3.05, 3.63) is 29.3 Å². The van der Waals surface area contributed by atoms with E-state index in [0.717, 1.165) is 18.7 Å². The lowest BCUT2D eigenvalue weighted by atomic mass is 9.68. The molecular weight excluding hydrogens is 222 g/mol. The van der Waals surface area contributed by atoms with Crippen molar-refractivity contribution in [3.8, 4) is 5.75 Å². The minimum atomic E-state index is 0.193. The van der Waals surface area contributed by atoms with Gasteiger partial charge >= 0.3 is 0 Å².